The van der Waals surface area contributed by atoms with E-state index in [1.165, 1.54) is 0 Å². The summed E-state index contributed by atoms with van der Waals surface area (Å²) in [7, 11) is 1.58. The van der Waals surface area contributed by atoms with Gasteiger partial charge in [0.05, 0.1) is 0 Å². The molecule has 5 nitrogen and oxygen atoms in total. The van der Waals surface area contributed by atoms with Gasteiger partial charge in [0.25, 0.3) is 0 Å². The van der Waals surface area contributed by atoms with Crippen molar-refractivity contribution in [1.82, 2.24) is 5.32 Å². The van der Waals surface area contributed by atoms with Crippen LogP contribution in [-0.4, -0.2) is 36.7 Å². The maximum atomic E-state index is 12.6. The molecule has 0 bridgehead atoms. The molecule has 2 atom stereocenters. The standard InChI is InChI=1S/C18H24BrNO4/c1-3-4-8-16(18(22)23)20-17(21)14(9-10-24-2)11-13-6-5-7-15(19)12-13/h3-7,12,14,16H,8-11H2,1-2H3,(H,20,21)(H,22,23)/b4-3+. The van der Waals surface area contributed by atoms with Crippen molar-refractivity contribution in [3.8, 4) is 0 Å². The van der Waals surface area contributed by atoms with Crippen molar-refractivity contribution in [2.24, 2.45) is 5.92 Å². The molecule has 0 aliphatic heterocycles. The molecule has 132 valence electrons. The number of ether oxygens (including phenoxy) is 1. The van der Waals surface area contributed by atoms with Gasteiger partial charge in [0.1, 0.15) is 6.04 Å². The molecule has 0 spiro atoms. The summed E-state index contributed by atoms with van der Waals surface area (Å²) in [6.07, 6.45) is 4.84. The predicted octanol–water partition coefficient (Wildman–Crippen LogP) is 3.18. The lowest BCUT2D eigenvalue weighted by atomic mass is 9.95. The summed E-state index contributed by atoms with van der Waals surface area (Å²) in [4.78, 5) is 23.9. The molecule has 0 fully saturated rings. The fourth-order valence-electron chi connectivity index (χ4n) is 2.32. The molecule has 0 aromatic heterocycles. The Morgan fingerprint density at radius 1 is 1.42 bits per heavy atom. The Labute approximate surface area is 151 Å². The predicted molar refractivity (Wildman–Crippen MR) is 96.8 cm³/mol. The number of aliphatic carboxylic acids is 1. The third kappa shape index (κ3) is 7.27. The Morgan fingerprint density at radius 2 is 2.17 bits per heavy atom. The molecule has 0 heterocycles. The number of rotatable bonds is 10. The van der Waals surface area contributed by atoms with Crippen LogP contribution in [0.25, 0.3) is 0 Å². The van der Waals surface area contributed by atoms with Crippen molar-refractivity contribution in [1.29, 1.82) is 0 Å². The number of carbonyl (C=O) groups is 2. The Balaban J connectivity index is 2.81. The van der Waals surface area contributed by atoms with Crippen LogP contribution in [0.1, 0.15) is 25.3 Å². The number of benzene rings is 1. The molecule has 24 heavy (non-hydrogen) atoms. The summed E-state index contributed by atoms with van der Waals surface area (Å²) in [5.74, 6) is -1.63. The lowest BCUT2D eigenvalue weighted by Crippen LogP contribution is -2.44. The van der Waals surface area contributed by atoms with Gasteiger partial charge in [0, 0.05) is 24.1 Å². The van der Waals surface area contributed by atoms with Crippen molar-refractivity contribution in [2.75, 3.05) is 13.7 Å². The first-order chi connectivity index (χ1) is 11.5. The van der Waals surface area contributed by atoms with Crippen molar-refractivity contribution in [2.45, 2.75) is 32.2 Å². The molecule has 1 aromatic rings. The van der Waals surface area contributed by atoms with E-state index in [0.29, 0.717) is 19.4 Å². The van der Waals surface area contributed by atoms with E-state index >= 15 is 0 Å². The molecule has 1 amide bonds. The monoisotopic (exact) mass is 397 g/mol. The van der Waals surface area contributed by atoms with E-state index in [2.05, 4.69) is 21.2 Å². The molecule has 2 N–H and O–H groups in total. The molecule has 0 saturated carbocycles. The zero-order chi connectivity index (χ0) is 17.9. The van der Waals surface area contributed by atoms with Crippen LogP contribution in [0.3, 0.4) is 0 Å². The van der Waals surface area contributed by atoms with Gasteiger partial charge >= 0.3 is 5.97 Å². The minimum atomic E-state index is -1.03. The average molecular weight is 398 g/mol. The van der Waals surface area contributed by atoms with Crippen LogP contribution in [0.4, 0.5) is 0 Å². The quantitative estimate of drug-likeness (QED) is 0.594. The van der Waals surface area contributed by atoms with Crippen LogP contribution in [0.5, 0.6) is 0 Å². The molecule has 1 rings (SSSR count). The average Bonchev–Trinajstić information content (AvgIpc) is 2.54. The summed E-state index contributed by atoms with van der Waals surface area (Å²) in [5.41, 5.74) is 1.01. The van der Waals surface area contributed by atoms with Crippen molar-refractivity contribution < 1.29 is 19.4 Å². The largest absolute Gasteiger partial charge is 0.480 e. The number of carboxylic acids is 1. The minimum Gasteiger partial charge on any atom is -0.480 e. The van der Waals surface area contributed by atoms with Crippen LogP contribution >= 0.6 is 15.9 Å². The van der Waals surface area contributed by atoms with Gasteiger partial charge < -0.3 is 15.2 Å². The summed E-state index contributed by atoms with van der Waals surface area (Å²) in [5, 5.41) is 11.9. The van der Waals surface area contributed by atoms with Crippen molar-refractivity contribution in [3.63, 3.8) is 0 Å². The van der Waals surface area contributed by atoms with E-state index in [1.54, 1.807) is 19.3 Å². The number of carbonyl (C=O) groups excluding carboxylic acids is 1. The second kappa shape index (κ2) is 11.0. The van der Waals surface area contributed by atoms with E-state index < -0.39 is 12.0 Å². The van der Waals surface area contributed by atoms with Crippen molar-refractivity contribution in [3.05, 3.63) is 46.5 Å². The van der Waals surface area contributed by atoms with Gasteiger partial charge in [-0.25, -0.2) is 4.79 Å². The van der Waals surface area contributed by atoms with Gasteiger partial charge in [0.15, 0.2) is 0 Å². The number of allylic oxidation sites excluding steroid dienone is 1. The third-order valence-electron chi connectivity index (χ3n) is 3.63. The van der Waals surface area contributed by atoms with Gasteiger partial charge in [-0.3, -0.25) is 4.79 Å². The molecular weight excluding hydrogens is 374 g/mol. The Morgan fingerprint density at radius 3 is 2.75 bits per heavy atom. The Bertz CT molecular complexity index is 574. The lowest BCUT2D eigenvalue weighted by molar-refractivity contribution is -0.142. The molecule has 1 aromatic carbocycles. The molecule has 0 aliphatic carbocycles. The van der Waals surface area contributed by atoms with Gasteiger partial charge in [-0.15, -0.1) is 0 Å². The van der Waals surface area contributed by atoms with Gasteiger partial charge in [-0.05, 0) is 43.9 Å². The van der Waals surface area contributed by atoms with E-state index in [4.69, 9.17) is 4.74 Å². The highest BCUT2D eigenvalue weighted by Gasteiger charge is 2.24. The topological polar surface area (TPSA) is 75.6 Å². The van der Waals surface area contributed by atoms with Gasteiger partial charge in [0.2, 0.25) is 5.91 Å². The summed E-state index contributed by atoms with van der Waals surface area (Å²) >= 11 is 3.42. The van der Waals surface area contributed by atoms with Gasteiger partial charge in [-0.2, -0.15) is 0 Å². The van der Waals surface area contributed by atoms with E-state index in [0.717, 1.165) is 10.0 Å². The maximum Gasteiger partial charge on any atom is 0.326 e. The summed E-state index contributed by atoms with van der Waals surface area (Å²) in [6, 6.07) is 6.83. The van der Waals surface area contributed by atoms with E-state index in [1.807, 2.05) is 31.2 Å². The number of hydrogen-bond acceptors (Lipinski definition) is 3. The number of carboxylic acid groups (broad SMARTS) is 1. The molecule has 0 radical (unpaired) electrons. The zero-order valence-electron chi connectivity index (χ0n) is 14.0. The second-order valence-corrected chi connectivity index (χ2v) is 6.43. The fraction of sp³-hybridized carbons (Fsp3) is 0.444. The number of amides is 1. The molecule has 0 aliphatic rings. The highest BCUT2D eigenvalue weighted by molar-refractivity contribution is 9.10. The highest BCUT2D eigenvalue weighted by atomic mass is 79.9. The fourth-order valence-corrected chi connectivity index (χ4v) is 2.76. The zero-order valence-corrected chi connectivity index (χ0v) is 15.6. The molecule has 6 heteroatoms. The first kappa shape index (κ1) is 20.4. The molecule has 2 unspecified atom stereocenters. The first-order valence-electron chi connectivity index (χ1n) is 7.85. The van der Waals surface area contributed by atoms with Crippen LogP contribution in [0.15, 0.2) is 40.9 Å². The smallest absolute Gasteiger partial charge is 0.326 e. The molecule has 0 saturated heterocycles. The number of hydrogen-bond donors (Lipinski definition) is 2. The second-order valence-electron chi connectivity index (χ2n) is 5.52. The van der Waals surface area contributed by atoms with E-state index in [9.17, 15) is 14.7 Å². The molecular formula is C18H24BrNO4. The Hall–Kier alpha value is -1.66. The number of methoxy groups -OCH3 is 1. The Kier molecular flexibility index (Phi) is 9.34. The van der Waals surface area contributed by atoms with Gasteiger partial charge in [-0.1, -0.05) is 40.2 Å². The number of nitrogens with one attached hydrogen (secondary N) is 1. The van der Waals surface area contributed by atoms with Crippen LogP contribution < -0.4 is 5.32 Å². The SMILES string of the molecule is C/C=C/CC(NC(=O)C(CCOC)Cc1cccc(Br)c1)C(=O)O. The first-order valence-corrected chi connectivity index (χ1v) is 8.65. The summed E-state index contributed by atoms with van der Waals surface area (Å²) < 4.78 is 6.03. The maximum absolute atomic E-state index is 12.6. The third-order valence-corrected chi connectivity index (χ3v) is 4.13. The number of halogens is 1. The lowest BCUT2D eigenvalue weighted by Gasteiger charge is -2.20. The minimum absolute atomic E-state index is 0.260. The van der Waals surface area contributed by atoms with Crippen LogP contribution in [0, 0.1) is 5.92 Å². The van der Waals surface area contributed by atoms with E-state index in [-0.39, 0.29) is 18.2 Å². The summed E-state index contributed by atoms with van der Waals surface area (Å²) in [6.45, 7) is 2.26. The van der Waals surface area contributed by atoms with Crippen LogP contribution in [-0.2, 0) is 20.7 Å². The van der Waals surface area contributed by atoms with Crippen LogP contribution in [0.2, 0.25) is 0 Å². The normalized spacial score (nSPS) is 13.6. The van der Waals surface area contributed by atoms with Crippen molar-refractivity contribution >= 4 is 27.8 Å². The highest BCUT2D eigenvalue weighted by Crippen LogP contribution is 2.18.